The van der Waals surface area contributed by atoms with Crippen molar-refractivity contribution >= 4 is 17.9 Å². The molecule has 0 radical (unpaired) electrons. The molecule has 21 heavy (non-hydrogen) atoms. The van der Waals surface area contributed by atoms with Crippen LogP contribution in [0.4, 0.5) is 0 Å². The van der Waals surface area contributed by atoms with Gasteiger partial charge in [-0.2, -0.15) is 0 Å². The minimum absolute atomic E-state index is 0.00166. The molecule has 5 heteroatoms. The van der Waals surface area contributed by atoms with Crippen LogP contribution in [-0.2, 0) is 23.9 Å². The first-order valence-electron chi connectivity index (χ1n) is 7.27. The molecule has 0 N–H and O–H groups in total. The van der Waals surface area contributed by atoms with E-state index in [9.17, 15) is 14.4 Å². The molecule has 4 aliphatic carbocycles. The molecular formula is C16H16O5. The third-order valence-corrected chi connectivity index (χ3v) is 5.57. The number of carbonyl (C=O) groups is 3. The Labute approximate surface area is 122 Å². The predicted octanol–water partition coefficient (Wildman–Crippen LogP) is 1.24. The zero-order valence-corrected chi connectivity index (χ0v) is 11.9. The molecule has 1 heterocycles. The Morgan fingerprint density at radius 1 is 1.10 bits per heavy atom. The number of ether oxygens (including phenoxy) is 2. The highest BCUT2D eigenvalue weighted by molar-refractivity contribution is 5.98. The Bertz CT molecular complexity index is 629. The lowest BCUT2D eigenvalue weighted by Crippen LogP contribution is -2.55. The lowest BCUT2D eigenvalue weighted by molar-refractivity contribution is -0.154. The molecule has 5 rings (SSSR count). The Morgan fingerprint density at radius 3 is 2.24 bits per heavy atom. The van der Waals surface area contributed by atoms with Gasteiger partial charge >= 0.3 is 17.9 Å². The van der Waals surface area contributed by atoms with Crippen LogP contribution in [0.2, 0.25) is 0 Å². The minimum Gasteiger partial charge on any atom is -0.461 e. The molecule has 1 saturated carbocycles. The standard InChI is InChI=1S/C16H16O5/c1-6-10(5-20-7(2)17)12-9-4-3-8(11(6)12)13-14(9)16(19)21-15(13)18/h3-4,8-9,11-14H,5H2,1-2H3/t8-,9-,11-,12+,13+,14+/m0/s1. The molecule has 0 unspecified atom stereocenters. The van der Waals surface area contributed by atoms with Gasteiger partial charge in [0.05, 0.1) is 11.8 Å². The van der Waals surface area contributed by atoms with Crippen molar-refractivity contribution in [2.24, 2.45) is 35.5 Å². The molecule has 0 aromatic heterocycles. The average Bonchev–Trinajstić information content (AvgIpc) is 2.75. The lowest BCUT2D eigenvalue weighted by Gasteiger charge is -2.56. The topological polar surface area (TPSA) is 69.7 Å². The molecule has 0 spiro atoms. The second kappa shape index (κ2) is 4.06. The third-order valence-electron chi connectivity index (χ3n) is 5.57. The first-order valence-corrected chi connectivity index (χ1v) is 7.27. The summed E-state index contributed by atoms with van der Waals surface area (Å²) >= 11 is 0. The zero-order valence-electron chi connectivity index (χ0n) is 11.9. The molecule has 5 nitrogen and oxygen atoms in total. The van der Waals surface area contributed by atoms with Gasteiger partial charge < -0.3 is 9.47 Å². The van der Waals surface area contributed by atoms with Crippen molar-refractivity contribution in [2.75, 3.05) is 6.61 Å². The Balaban J connectivity index is 1.68. The summed E-state index contributed by atoms with van der Waals surface area (Å²) in [6, 6.07) is 0. The maximum Gasteiger partial charge on any atom is 0.318 e. The molecule has 2 bridgehead atoms. The molecule has 1 aliphatic heterocycles. The van der Waals surface area contributed by atoms with E-state index in [1.54, 1.807) is 0 Å². The molecule has 0 aromatic carbocycles. The van der Waals surface area contributed by atoms with Crippen LogP contribution in [0.5, 0.6) is 0 Å². The van der Waals surface area contributed by atoms with Crippen molar-refractivity contribution in [3.63, 3.8) is 0 Å². The van der Waals surface area contributed by atoms with Gasteiger partial charge in [0.1, 0.15) is 6.61 Å². The number of carbonyl (C=O) groups excluding carboxylic acids is 3. The summed E-state index contributed by atoms with van der Waals surface area (Å²) < 4.78 is 9.99. The van der Waals surface area contributed by atoms with Crippen molar-refractivity contribution < 1.29 is 23.9 Å². The molecule has 2 fully saturated rings. The van der Waals surface area contributed by atoms with Crippen LogP contribution in [0, 0.1) is 35.5 Å². The summed E-state index contributed by atoms with van der Waals surface area (Å²) in [4.78, 5) is 34.9. The number of hydrogen-bond acceptors (Lipinski definition) is 5. The Hall–Kier alpha value is -1.91. The minimum atomic E-state index is -0.390. The summed E-state index contributed by atoms with van der Waals surface area (Å²) in [5, 5.41) is 0. The lowest BCUT2D eigenvalue weighted by atomic mass is 9.45. The Morgan fingerprint density at radius 2 is 1.67 bits per heavy atom. The molecule has 110 valence electrons. The van der Waals surface area contributed by atoms with E-state index in [1.165, 1.54) is 12.5 Å². The van der Waals surface area contributed by atoms with Gasteiger partial charge in [-0.3, -0.25) is 14.4 Å². The van der Waals surface area contributed by atoms with Crippen LogP contribution < -0.4 is 0 Å². The highest BCUT2D eigenvalue weighted by Gasteiger charge is 2.65. The SMILES string of the molecule is CC(=O)OCC1=C(C)[C@H]2[C@@H]3C=C[C@H]([C@H]4C(=O)OC(=O)[C@H]34)[C@H]12. The van der Waals surface area contributed by atoms with Gasteiger partial charge in [0.25, 0.3) is 0 Å². The van der Waals surface area contributed by atoms with E-state index in [4.69, 9.17) is 9.47 Å². The molecular weight excluding hydrogens is 272 g/mol. The summed E-state index contributed by atoms with van der Waals surface area (Å²) in [6.07, 6.45) is 4.12. The van der Waals surface area contributed by atoms with E-state index in [1.807, 2.05) is 13.0 Å². The molecule has 5 aliphatic rings. The quantitative estimate of drug-likeness (QED) is 0.434. The average molecular weight is 288 g/mol. The highest BCUT2D eigenvalue weighted by atomic mass is 16.6. The number of hydrogen-bond donors (Lipinski definition) is 0. The first-order chi connectivity index (χ1) is 10.0. The summed E-state index contributed by atoms with van der Waals surface area (Å²) in [6.45, 7) is 3.72. The monoisotopic (exact) mass is 288 g/mol. The first kappa shape index (κ1) is 12.8. The van der Waals surface area contributed by atoms with Crippen LogP contribution in [-0.4, -0.2) is 24.5 Å². The van der Waals surface area contributed by atoms with Crippen LogP contribution in [0.1, 0.15) is 13.8 Å². The largest absolute Gasteiger partial charge is 0.461 e. The maximum atomic E-state index is 12.0. The van der Waals surface area contributed by atoms with Crippen molar-refractivity contribution in [1.29, 1.82) is 0 Å². The fourth-order valence-electron chi connectivity index (χ4n) is 4.76. The van der Waals surface area contributed by atoms with E-state index in [0.29, 0.717) is 6.61 Å². The van der Waals surface area contributed by atoms with Crippen molar-refractivity contribution in [1.82, 2.24) is 0 Å². The van der Waals surface area contributed by atoms with E-state index in [-0.39, 0.29) is 53.4 Å². The summed E-state index contributed by atoms with van der Waals surface area (Å²) in [7, 11) is 0. The zero-order chi connectivity index (χ0) is 14.9. The second-order valence-electron chi connectivity index (χ2n) is 6.37. The normalized spacial score (nSPS) is 42.4. The van der Waals surface area contributed by atoms with E-state index < -0.39 is 0 Å². The van der Waals surface area contributed by atoms with Gasteiger partial charge in [-0.1, -0.05) is 17.7 Å². The van der Waals surface area contributed by atoms with Gasteiger partial charge in [0.2, 0.25) is 0 Å². The van der Waals surface area contributed by atoms with Crippen LogP contribution in [0.25, 0.3) is 0 Å². The van der Waals surface area contributed by atoms with E-state index in [0.717, 1.165) is 5.57 Å². The number of rotatable bonds is 2. The number of allylic oxidation sites excluding steroid dienone is 3. The predicted molar refractivity (Wildman–Crippen MR) is 70.5 cm³/mol. The third kappa shape index (κ3) is 1.49. The van der Waals surface area contributed by atoms with Gasteiger partial charge in [-0.25, -0.2) is 0 Å². The summed E-state index contributed by atoms with van der Waals surface area (Å²) in [5.41, 5.74) is 2.31. The van der Waals surface area contributed by atoms with E-state index >= 15 is 0 Å². The molecule has 6 atom stereocenters. The van der Waals surface area contributed by atoms with Crippen LogP contribution in [0.3, 0.4) is 0 Å². The molecule has 0 amide bonds. The highest BCUT2D eigenvalue weighted by Crippen LogP contribution is 2.63. The Kier molecular flexibility index (Phi) is 2.47. The van der Waals surface area contributed by atoms with Crippen molar-refractivity contribution in [2.45, 2.75) is 13.8 Å². The van der Waals surface area contributed by atoms with Crippen LogP contribution >= 0.6 is 0 Å². The smallest absolute Gasteiger partial charge is 0.318 e. The van der Waals surface area contributed by atoms with Crippen molar-refractivity contribution in [3.05, 3.63) is 23.3 Å². The van der Waals surface area contributed by atoms with Gasteiger partial charge in [0, 0.05) is 6.92 Å². The number of cyclic esters (lactones) is 2. The fourth-order valence-corrected chi connectivity index (χ4v) is 4.76. The number of esters is 3. The van der Waals surface area contributed by atoms with Gasteiger partial charge in [-0.15, -0.1) is 0 Å². The maximum absolute atomic E-state index is 12.0. The molecule has 0 aromatic rings. The van der Waals surface area contributed by atoms with Gasteiger partial charge in [0.15, 0.2) is 0 Å². The van der Waals surface area contributed by atoms with Crippen molar-refractivity contribution in [3.8, 4) is 0 Å². The summed E-state index contributed by atoms with van der Waals surface area (Å²) in [5.74, 6) is -1.20. The fraction of sp³-hybridized carbons (Fsp3) is 0.562. The molecule has 1 saturated heterocycles. The van der Waals surface area contributed by atoms with Gasteiger partial charge in [-0.05, 0) is 36.2 Å². The second-order valence-corrected chi connectivity index (χ2v) is 6.37. The van der Waals surface area contributed by atoms with Crippen LogP contribution in [0.15, 0.2) is 23.3 Å². The van der Waals surface area contributed by atoms with E-state index in [2.05, 4.69) is 6.08 Å².